The zero-order valence-electron chi connectivity index (χ0n) is 16.3. The number of pyridine rings is 1. The maximum atomic E-state index is 14.1. The predicted molar refractivity (Wildman–Crippen MR) is 110 cm³/mol. The first-order chi connectivity index (χ1) is 15.5. The second kappa shape index (κ2) is 7.91. The van der Waals surface area contributed by atoms with E-state index in [2.05, 4.69) is 9.72 Å². The summed E-state index contributed by atoms with van der Waals surface area (Å²) < 4.78 is 89.0. The van der Waals surface area contributed by atoms with Gasteiger partial charge in [-0.2, -0.15) is 26.3 Å². The van der Waals surface area contributed by atoms with Crippen LogP contribution in [0.3, 0.4) is 0 Å². The van der Waals surface area contributed by atoms with E-state index in [1.807, 2.05) is 0 Å². The molecule has 3 nitrogen and oxygen atoms in total. The Morgan fingerprint density at radius 1 is 0.758 bits per heavy atom. The lowest BCUT2D eigenvalue weighted by atomic mass is 9.91. The number of fused-ring (bicyclic) bond motifs is 2. The van der Waals surface area contributed by atoms with Crippen LogP contribution in [-0.4, -0.2) is 23.3 Å². The predicted octanol–water partition coefficient (Wildman–Crippen LogP) is 7.22. The van der Waals surface area contributed by atoms with Gasteiger partial charge in [-0.3, -0.25) is 0 Å². The third-order valence-corrected chi connectivity index (χ3v) is 5.31. The van der Waals surface area contributed by atoms with Crippen LogP contribution in [0.1, 0.15) is 15.9 Å². The Bertz CT molecular complexity index is 1340. The van der Waals surface area contributed by atoms with Crippen LogP contribution in [0.2, 0.25) is 5.02 Å². The molecule has 0 spiro atoms. The number of alkyl halides is 6. The highest BCUT2D eigenvalue weighted by Gasteiger charge is 2.75. The van der Waals surface area contributed by atoms with Crippen LogP contribution in [0.15, 0.2) is 72.8 Å². The molecule has 0 unspecified atom stereocenters. The van der Waals surface area contributed by atoms with Crippen LogP contribution in [0.25, 0.3) is 21.8 Å². The molecule has 4 aromatic rings. The highest BCUT2D eigenvalue weighted by molar-refractivity contribution is 6.31. The molecule has 3 aromatic carbocycles. The molecule has 0 radical (unpaired) electrons. The number of ether oxygens (including phenoxy) is 1. The second-order valence-electron chi connectivity index (χ2n) is 7.10. The smallest absolute Gasteiger partial charge is 0.431 e. The van der Waals surface area contributed by atoms with Crippen LogP contribution in [-0.2, 0) is 10.3 Å². The Kier molecular flexibility index (Phi) is 5.48. The Hall–Kier alpha value is -3.33. The third-order valence-electron chi connectivity index (χ3n) is 5.07. The summed E-state index contributed by atoms with van der Waals surface area (Å²) in [5, 5.41) is 0.0793. The van der Waals surface area contributed by atoms with E-state index in [1.54, 1.807) is 6.07 Å². The molecule has 4 rings (SSSR count). The summed E-state index contributed by atoms with van der Waals surface area (Å²) in [6.45, 7) is 0. The van der Waals surface area contributed by atoms with E-state index in [0.717, 1.165) is 12.1 Å². The normalized spacial score (nSPS) is 12.8. The number of esters is 1. The van der Waals surface area contributed by atoms with Crippen LogP contribution in [0, 0.1) is 0 Å². The van der Waals surface area contributed by atoms with Gasteiger partial charge in [0.05, 0.1) is 16.6 Å². The highest BCUT2D eigenvalue weighted by Crippen LogP contribution is 2.53. The van der Waals surface area contributed by atoms with Crippen molar-refractivity contribution in [2.45, 2.75) is 18.0 Å². The van der Waals surface area contributed by atoms with Crippen molar-refractivity contribution >= 4 is 39.4 Å². The van der Waals surface area contributed by atoms with E-state index in [4.69, 9.17) is 11.6 Å². The van der Waals surface area contributed by atoms with Crippen molar-refractivity contribution < 1.29 is 35.9 Å². The molecule has 10 heteroatoms. The molecule has 0 amide bonds. The minimum Gasteiger partial charge on any atom is -0.431 e. The molecule has 1 heterocycles. The largest absolute Gasteiger partial charge is 0.442 e. The van der Waals surface area contributed by atoms with Gasteiger partial charge in [-0.15, -0.1) is 0 Å². The number of aromatic nitrogens is 1. The van der Waals surface area contributed by atoms with Crippen molar-refractivity contribution in [3.05, 3.63) is 88.9 Å². The van der Waals surface area contributed by atoms with E-state index in [-0.39, 0.29) is 26.8 Å². The average Bonchev–Trinajstić information content (AvgIpc) is 2.74. The molecule has 170 valence electrons. The number of rotatable bonds is 3. The van der Waals surface area contributed by atoms with E-state index in [9.17, 15) is 31.1 Å². The van der Waals surface area contributed by atoms with E-state index in [1.165, 1.54) is 42.5 Å². The minimum atomic E-state index is -6.02. The van der Waals surface area contributed by atoms with E-state index < -0.39 is 35.0 Å². The van der Waals surface area contributed by atoms with Crippen molar-refractivity contribution in [1.82, 2.24) is 4.98 Å². The van der Waals surface area contributed by atoms with Gasteiger partial charge in [0.25, 0.3) is 0 Å². The van der Waals surface area contributed by atoms with Crippen molar-refractivity contribution in [2.75, 3.05) is 0 Å². The Morgan fingerprint density at radius 3 is 1.97 bits per heavy atom. The summed E-state index contributed by atoms with van der Waals surface area (Å²) in [6.07, 6.45) is -12.0. The van der Waals surface area contributed by atoms with Crippen LogP contribution < -0.4 is 0 Å². The number of benzene rings is 3. The van der Waals surface area contributed by atoms with Crippen molar-refractivity contribution in [3.63, 3.8) is 0 Å². The molecule has 0 saturated carbocycles. The van der Waals surface area contributed by atoms with Crippen LogP contribution in [0.5, 0.6) is 0 Å². The Labute approximate surface area is 187 Å². The Balaban J connectivity index is 2.01. The summed E-state index contributed by atoms with van der Waals surface area (Å²) in [5.74, 6) is -1.82. The molecule has 33 heavy (non-hydrogen) atoms. The zero-order valence-corrected chi connectivity index (χ0v) is 17.1. The zero-order chi connectivity index (χ0) is 24.0. The molecule has 0 atom stereocenters. The lowest BCUT2D eigenvalue weighted by Crippen LogP contribution is -2.56. The van der Waals surface area contributed by atoms with Crippen molar-refractivity contribution in [3.8, 4) is 0 Å². The summed E-state index contributed by atoms with van der Waals surface area (Å²) in [7, 11) is 0. The summed E-state index contributed by atoms with van der Waals surface area (Å²) in [6, 6.07) is 14.4. The minimum absolute atomic E-state index is 0.0172. The number of nitrogens with zero attached hydrogens (tertiary/aromatic N) is 1. The van der Waals surface area contributed by atoms with Gasteiger partial charge in [-0.1, -0.05) is 60.1 Å². The quantitative estimate of drug-likeness (QED) is 0.175. The number of carbonyl (C=O) groups excluding carboxylic acids is 1. The summed E-state index contributed by atoms with van der Waals surface area (Å²) >= 11 is 5.98. The average molecular weight is 484 g/mol. The third kappa shape index (κ3) is 3.76. The van der Waals surface area contributed by atoms with Gasteiger partial charge < -0.3 is 4.74 Å². The molecule has 0 aliphatic carbocycles. The fourth-order valence-electron chi connectivity index (χ4n) is 3.61. The molecule has 0 fully saturated rings. The SMILES string of the molecule is O=C(OC(c1ccccc1)(C(F)(F)F)C(F)(F)F)c1c2ccccc2nc2ccc(Cl)cc12. The first-order valence-corrected chi connectivity index (χ1v) is 9.74. The molecule has 1 aromatic heterocycles. The number of hydrogen-bond donors (Lipinski definition) is 0. The number of hydrogen-bond acceptors (Lipinski definition) is 3. The van der Waals surface area contributed by atoms with Crippen molar-refractivity contribution in [1.29, 1.82) is 0 Å². The first kappa shape index (κ1) is 22.8. The maximum Gasteiger partial charge on any atom is 0.442 e. The lowest BCUT2D eigenvalue weighted by Gasteiger charge is -2.37. The van der Waals surface area contributed by atoms with Gasteiger partial charge >= 0.3 is 23.9 Å². The van der Waals surface area contributed by atoms with Crippen molar-refractivity contribution in [2.24, 2.45) is 0 Å². The fraction of sp³-hybridized carbons (Fsp3) is 0.130. The van der Waals surface area contributed by atoms with Gasteiger partial charge in [0.15, 0.2) is 0 Å². The van der Waals surface area contributed by atoms with Gasteiger partial charge in [0.1, 0.15) is 0 Å². The number of carbonyl (C=O) groups is 1. The maximum absolute atomic E-state index is 14.1. The number of para-hydroxylation sites is 1. The number of halogens is 7. The lowest BCUT2D eigenvalue weighted by molar-refractivity contribution is -0.373. The van der Waals surface area contributed by atoms with E-state index >= 15 is 0 Å². The molecule has 0 N–H and O–H groups in total. The monoisotopic (exact) mass is 483 g/mol. The summed E-state index contributed by atoms with van der Waals surface area (Å²) in [4.78, 5) is 17.5. The van der Waals surface area contributed by atoms with Gasteiger partial charge in [-0.25, -0.2) is 9.78 Å². The van der Waals surface area contributed by atoms with Gasteiger partial charge in [0, 0.05) is 21.4 Å². The molecule has 0 aliphatic rings. The standard InChI is InChI=1S/C23H12ClF6NO2/c24-14-10-11-18-16(12-14)19(15-8-4-5-9-17(15)31-18)20(32)33-21(22(25,26)27,23(28,29)30)13-6-2-1-3-7-13/h1-12H. The molecule has 0 aliphatic heterocycles. The molecular formula is C23H12ClF6NO2. The molecular weight excluding hydrogens is 472 g/mol. The van der Waals surface area contributed by atoms with Gasteiger partial charge in [0.2, 0.25) is 0 Å². The fourth-order valence-corrected chi connectivity index (χ4v) is 3.78. The molecule has 0 bridgehead atoms. The van der Waals surface area contributed by atoms with Crippen LogP contribution >= 0.6 is 11.6 Å². The summed E-state index contributed by atoms with van der Waals surface area (Å²) in [5.41, 5.74) is -6.35. The highest BCUT2D eigenvalue weighted by atomic mass is 35.5. The van der Waals surface area contributed by atoms with E-state index in [0.29, 0.717) is 12.1 Å². The second-order valence-corrected chi connectivity index (χ2v) is 7.53. The van der Waals surface area contributed by atoms with Crippen LogP contribution in [0.4, 0.5) is 26.3 Å². The molecule has 0 saturated heterocycles. The van der Waals surface area contributed by atoms with Gasteiger partial charge in [-0.05, 0) is 24.3 Å². The first-order valence-electron chi connectivity index (χ1n) is 9.36. The Morgan fingerprint density at radius 2 is 1.33 bits per heavy atom. The topological polar surface area (TPSA) is 39.2 Å².